The van der Waals surface area contributed by atoms with Crippen LogP contribution in [-0.2, 0) is 30.3 Å². The predicted molar refractivity (Wildman–Crippen MR) is 92.1 cm³/mol. The Morgan fingerprint density at radius 1 is 1.08 bits per heavy atom. The molecule has 5 rings (SSSR count). The summed E-state index contributed by atoms with van der Waals surface area (Å²) in [6.07, 6.45) is 2.60. The number of ketones is 1. The van der Waals surface area contributed by atoms with Crippen LogP contribution in [0.5, 0.6) is 0 Å². The number of nitrogens with zero attached hydrogens (tertiary/aromatic N) is 1. The van der Waals surface area contributed by atoms with Crippen LogP contribution < -0.4 is 4.90 Å². The minimum atomic E-state index is -0.467. The van der Waals surface area contributed by atoms with Gasteiger partial charge in [-0.05, 0) is 36.5 Å². The first-order valence-corrected chi connectivity index (χ1v) is 9.10. The van der Waals surface area contributed by atoms with Crippen LogP contribution in [0.3, 0.4) is 0 Å². The molecule has 6 nitrogen and oxygen atoms in total. The molecular weight excluding hydrogens is 334 g/mol. The Balaban J connectivity index is 1.53. The van der Waals surface area contributed by atoms with E-state index in [1.807, 2.05) is 12.1 Å². The van der Waals surface area contributed by atoms with Crippen LogP contribution in [-0.4, -0.2) is 30.2 Å². The number of carbonyl (C=O) groups is 4. The van der Waals surface area contributed by atoms with E-state index in [1.165, 1.54) is 11.8 Å². The number of hydrogen-bond acceptors (Lipinski definition) is 5. The van der Waals surface area contributed by atoms with E-state index < -0.39 is 5.92 Å². The Kier molecular flexibility index (Phi) is 4.13. The van der Waals surface area contributed by atoms with Crippen molar-refractivity contribution in [1.29, 1.82) is 0 Å². The molecular formula is C20H21NO5. The van der Waals surface area contributed by atoms with E-state index in [2.05, 4.69) is 0 Å². The van der Waals surface area contributed by atoms with Gasteiger partial charge >= 0.3 is 5.97 Å². The van der Waals surface area contributed by atoms with E-state index in [0.717, 1.165) is 18.4 Å². The van der Waals surface area contributed by atoms with Crippen LogP contribution in [0.15, 0.2) is 24.3 Å². The van der Waals surface area contributed by atoms with Gasteiger partial charge in [0.05, 0.1) is 24.1 Å². The number of benzene rings is 1. The van der Waals surface area contributed by atoms with Gasteiger partial charge in [0.1, 0.15) is 5.78 Å². The van der Waals surface area contributed by atoms with Crippen molar-refractivity contribution < 1.29 is 23.9 Å². The molecule has 0 N–H and O–H groups in total. The molecule has 1 aliphatic heterocycles. The smallest absolute Gasteiger partial charge is 0.302 e. The number of ether oxygens (including phenoxy) is 1. The molecule has 4 fully saturated rings. The summed E-state index contributed by atoms with van der Waals surface area (Å²) in [7, 11) is 0. The third-order valence-corrected chi connectivity index (χ3v) is 5.96. The van der Waals surface area contributed by atoms with E-state index in [1.54, 1.807) is 12.1 Å². The van der Waals surface area contributed by atoms with Gasteiger partial charge in [0.25, 0.3) is 0 Å². The van der Waals surface area contributed by atoms with Gasteiger partial charge in [-0.1, -0.05) is 12.1 Å². The third kappa shape index (κ3) is 2.64. The van der Waals surface area contributed by atoms with Gasteiger partial charge < -0.3 is 4.74 Å². The van der Waals surface area contributed by atoms with E-state index in [4.69, 9.17) is 4.74 Å². The number of carbonyl (C=O) groups excluding carboxylic acids is 4. The number of fused-ring (bicyclic) bond motifs is 2. The van der Waals surface area contributed by atoms with Crippen molar-refractivity contribution >= 4 is 29.3 Å². The highest BCUT2D eigenvalue weighted by Crippen LogP contribution is 2.52. The number of esters is 1. The zero-order valence-electron chi connectivity index (χ0n) is 14.6. The van der Waals surface area contributed by atoms with Crippen molar-refractivity contribution in [3.8, 4) is 0 Å². The molecule has 0 radical (unpaired) electrons. The summed E-state index contributed by atoms with van der Waals surface area (Å²) in [5.41, 5.74) is 1.51. The number of amides is 2. The summed E-state index contributed by atoms with van der Waals surface area (Å²) in [4.78, 5) is 50.1. The highest BCUT2D eigenvalue weighted by molar-refractivity contribution is 6.23. The molecule has 1 aromatic rings. The Morgan fingerprint density at radius 3 is 2.42 bits per heavy atom. The molecule has 26 heavy (non-hydrogen) atoms. The summed E-state index contributed by atoms with van der Waals surface area (Å²) in [6, 6.07) is 7.17. The second-order valence-corrected chi connectivity index (χ2v) is 7.43. The van der Waals surface area contributed by atoms with Gasteiger partial charge in [-0.3, -0.25) is 24.1 Å². The first kappa shape index (κ1) is 16.9. The van der Waals surface area contributed by atoms with Crippen molar-refractivity contribution in [2.45, 2.75) is 32.6 Å². The SMILES string of the molecule is CC(=O)OCCc1ccc(N2C(=O)[C@H]3[C@@H]4CC[C@@H](C(=O)C4)[C@H]3C2=O)cc1. The highest BCUT2D eigenvalue weighted by Gasteiger charge is 2.60. The average molecular weight is 355 g/mol. The minimum absolute atomic E-state index is 0.0157. The molecule has 0 aromatic heterocycles. The molecule has 0 spiro atoms. The molecule has 0 unspecified atom stereocenters. The maximum atomic E-state index is 12.9. The lowest BCUT2D eigenvalue weighted by atomic mass is 9.59. The Bertz CT molecular complexity index is 784. The number of anilines is 1. The average Bonchev–Trinajstić information content (AvgIpc) is 2.89. The van der Waals surface area contributed by atoms with Gasteiger partial charge in [0, 0.05) is 25.7 Å². The highest BCUT2D eigenvalue weighted by atomic mass is 16.5. The summed E-state index contributed by atoms with van der Waals surface area (Å²) >= 11 is 0. The molecule has 3 saturated carbocycles. The van der Waals surface area contributed by atoms with Crippen LogP contribution in [0, 0.1) is 23.7 Å². The standard InChI is InChI=1S/C20H21NO5/c1-11(22)26-9-8-12-2-5-14(6-3-12)21-19(24)17-13-4-7-15(16(23)10-13)18(17)20(21)25/h2-3,5-6,13,15,17-18H,4,7-10H2,1H3/t13-,15+,17+,18-/m1/s1. The molecule has 136 valence electrons. The van der Waals surface area contributed by atoms with Crippen molar-refractivity contribution in [2.75, 3.05) is 11.5 Å². The van der Waals surface area contributed by atoms with Crippen LogP contribution in [0.4, 0.5) is 5.69 Å². The zero-order chi connectivity index (χ0) is 18.4. The zero-order valence-corrected chi connectivity index (χ0v) is 14.6. The fourth-order valence-corrected chi connectivity index (χ4v) is 4.76. The lowest BCUT2D eigenvalue weighted by molar-refractivity contribution is -0.143. The van der Waals surface area contributed by atoms with Gasteiger partial charge in [0.2, 0.25) is 11.8 Å². The fourth-order valence-electron chi connectivity index (χ4n) is 4.76. The Hall–Kier alpha value is -2.50. The molecule has 1 saturated heterocycles. The van der Waals surface area contributed by atoms with Crippen LogP contribution in [0.25, 0.3) is 0 Å². The van der Waals surface area contributed by atoms with Crippen molar-refractivity contribution in [2.24, 2.45) is 23.7 Å². The molecule has 4 aliphatic rings. The van der Waals surface area contributed by atoms with Crippen molar-refractivity contribution in [1.82, 2.24) is 0 Å². The minimum Gasteiger partial charge on any atom is -0.466 e. The number of hydrogen-bond donors (Lipinski definition) is 0. The van der Waals surface area contributed by atoms with Gasteiger partial charge in [-0.2, -0.15) is 0 Å². The Morgan fingerprint density at radius 2 is 1.77 bits per heavy atom. The number of rotatable bonds is 4. The van der Waals surface area contributed by atoms with E-state index in [9.17, 15) is 19.2 Å². The Labute approximate surface area is 151 Å². The monoisotopic (exact) mass is 355 g/mol. The quantitative estimate of drug-likeness (QED) is 0.609. The molecule has 6 heteroatoms. The fraction of sp³-hybridized carbons (Fsp3) is 0.500. The first-order chi connectivity index (χ1) is 12.5. The normalized spacial score (nSPS) is 29.9. The second kappa shape index (κ2) is 6.34. The predicted octanol–water partition coefficient (Wildman–Crippen LogP) is 1.90. The summed E-state index contributed by atoms with van der Waals surface area (Å²) in [5.74, 6) is -1.62. The third-order valence-electron chi connectivity index (χ3n) is 5.96. The molecule has 1 aromatic carbocycles. The van der Waals surface area contributed by atoms with Crippen molar-refractivity contribution in [3.05, 3.63) is 29.8 Å². The largest absolute Gasteiger partial charge is 0.466 e. The van der Waals surface area contributed by atoms with Crippen LogP contribution in [0.1, 0.15) is 31.7 Å². The maximum Gasteiger partial charge on any atom is 0.302 e. The lowest BCUT2D eigenvalue weighted by Gasteiger charge is -2.41. The molecule has 3 aliphatic carbocycles. The van der Waals surface area contributed by atoms with E-state index >= 15 is 0 Å². The van der Waals surface area contributed by atoms with E-state index in [0.29, 0.717) is 25.1 Å². The maximum absolute atomic E-state index is 12.9. The van der Waals surface area contributed by atoms with Gasteiger partial charge in [-0.15, -0.1) is 0 Å². The van der Waals surface area contributed by atoms with Gasteiger partial charge in [0.15, 0.2) is 0 Å². The number of Topliss-reactive ketones (excluding diaryl/α,β-unsaturated/α-hetero) is 1. The first-order valence-electron chi connectivity index (χ1n) is 9.10. The molecule has 4 atom stereocenters. The summed E-state index contributed by atoms with van der Waals surface area (Å²) < 4.78 is 4.93. The van der Waals surface area contributed by atoms with Crippen LogP contribution in [0.2, 0.25) is 0 Å². The second-order valence-electron chi connectivity index (χ2n) is 7.43. The summed E-state index contributed by atoms with van der Waals surface area (Å²) in [6.45, 7) is 1.66. The van der Waals surface area contributed by atoms with Crippen molar-refractivity contribution in [3.63, 3.8) is 0 Å². The molecule has 2 bridgehead atoms. The topological polar surface area (TPSA) is 80.8 Å². The van der Waals surface area contributed by atoms with Crippen LogP contribution >= 0.6 is 0 Å². The summed E-state index contributed by atoms with van der Waals surface area (Å²) in [5, 5.41) is 0. The lowest BCUT2D eigenvalue weighted by Crippen LogP contribution is -2.46. The molecule has 1 heterocycles. The number of imide groups is 1. The molecule has 2 amide bonds. The van der Waals surface area contributed by atoms with Gasteiger partial charge in [-0.25, -0.2) is 0 Å². The van der Waals surface area contributed by atoms with E-state index in [-0.39, 0.29) is 41.3 Å².